The fourth-order valence-electron chi connectivity index (χ4n) is 4.24. The Morgan fingerprint density at radius 1 is 1.03 bits per heavy atom. The van der Waals surface area contributed by atoms with E-state index in [9.17, 15) is 14.3 Å². The van der Waals surface area contributed by atoms with Gasteiger partial charge in [-0.3, -0.25) is 4.79 Å². The normalized spacial score (nSPS) is 14.6. The number of halogens is 1. The lowest BCUT2D eigenvalue weighted by molar-refractivity contribution is 0.446. The molecule has 168 valence electrons. The lowest BCUT2D eigenvalue weighted by Gasteiger charge is -2.31. The third-order valence-electron chi connectivity index (χ3n) is 5.93. The maximum Gasteiger partial charge on any atom is 0.296 e. The van der Waals surface area contributed by atoms with E-state index < -0.39 is 5.56 Å². The Bertz CT molecular complexity index is 1190. The fourth-order valence-corrected chi connectivity index (χ4v) is 4.24. The minimum Gasteiger partial charge on any atom is -0.508 e. The lowest BCUT2D eigenvalue weighted by atomic mass is 9.86. The van der Waals surface area contributed by atoms with Crippen molar-refractivity contribution < 1.29 is 9.50 Å². The van der Waals surface area contributed by atoms with Crippen molar-refractivity contribution in [2.24, 2.45) is 0 Å². The van der Waals surface area contributed by atoms with Gasteiger partial charge in [0.25, 0.3) is 5.56 Å². The molecule has 2 aromatic carbocycles. The van der Waals surface area contributed by atoms with Gasteiger partial charge in [-0.25, -0.2) is 4.39 Å². The minimum atomic E-state index is -0.445. The van der Waals surface area contributed by atoms with Gasteiger partial charge >= 0.3 is 0 Å². The van der Waals surface area contributed by atoms with E-state index in [2.05, 4.69) is 10.00 Å². The summed E-state index contributed by atoms with van der Waals surface area (Å²) in [6.07, 6.45) is 3.15. The Morgan fingerprint density at radius 3 is 2.28 bits per heavy atom. The van der Waals surface area contributed by atoms with Crippen LogP contribution in [0, 0.1) is 5.82 Å². The van der Waals surface area contributed by atoms with Crippen molar-refractivity contribution in [3.63, 3.8) is 0 Å². The quantitative estimate of drug-likeness (QED) is 0.626. The molecule has 1 saturated heterocycles. The molecule has 0 saturated carbocycles. The summed E-state index contributed by atoms with van der Waals surface area (Å²) in [5.74, 6) is -0.261. The molecule has 0 radical (unpaired) electrons. The zero-order chi connectivity index (χ0) is 23.0. The number of benzene rings is 2. The first-order valence-corrected chi connectivity index (χ1v) is 10.9. The van der Waals surface area contributed by atoms with Crippen molar-refractivity contribution in [2.45, 2.75) is 45.4 Å². The smallest absolute Gasteiger partial charge is 0.296 e. The van der Waals surface area contributed by atoms with E-state index in [1.54, 1.807) is 24.3 Å². The molecule has 32 heavy (non-hydrogen) atoms. The van der Waals surface area contributed by atoms with Crippen molar-refractivity contribution in [3.8, 4) is 22.7 Å². The molecule has 0 spiro atoms. The van der Waals surface area contributed by atoms with Crippen molar-refractivity contribution in [2.75, 3.05) is 23.7 Å². The van der Waals surface area contributed by atoms with Crippen LogP contribution in [0.15, 0.2) is 47.3 Å². The van der Waals surface area contributed by atoms with Crippen molar-refractivity contribution in [3.05, 3.63) is 64.2 Å². The summed E-state index contributed by atoms with van der Waals surface area (Å²) in [5, 5.41) is 15.3. The summed E-state index contributed by atoms with van der Waals surface area (Å²) in [7, 11) is 0. The Kier molecular flexibility index (Phi) is 5.67. The number of anilines is 2. The fraction of sp³-hybridized carbons (Fsp3) is 0.360. The number of hydrogen-bond donors (Lipinski definition) is 2. The van der Waals surface area contributed by atoms with Crippen LogP contribution in [0.4, 0.5) is 15.8 Å². The van der Waals surface area contributed by atoms with Crippen LogP contribution < -0.4 is 16.2 Å². The predicted molar refractivity (Wildman–Crippen MR) is 126 cm³/mol. The summed E-state index contributed by atoms with van der Waals surface area (Å²) in [6, 6.07) is 11.1. The van der Waals surface area contributed by atoms with Gasteiger partial charge in [-0.2, -0.15) is 9.78 Å². The zero-order valence-corrected chi connectivity index (χ0v) is 18.7. The Balaban J connectivity index is 1.93. The highest BCUT2D eigenvalue weighted by molar-refractivity contribution is 5.83. The highest BCUT2D eigenvalue weighted by Gasteiger charge is 2.25. The molecule has 3 aromatic rings. The first-order chi connectivity index (χ1) is 15.2. The SMILES string of the molecule is CC(C)(C)c1ccc(-n2nc(-c3ccc(F)cc3)c(N3CCCCC3)c(N)c2=O)cc1O. The average molecular weight is 437 g/mol. The highest BCUT2D eigenvalue weighted by Crippen LogP contribution is 2.35. The zero-order valence-electron chi connectivity index (χ0n) is 18.7. The second-order valence-electron chi connectivity index (χ2n) is 9.33. The number of nitrogen functional groups attached to an aromatic ring is 1. The maximum atomic E-state index is 13.6. The number of aromatic nitrogens is 2. The molecule has 4 rings (SSSR count). The van der Waals surface area contributed by atoms with E-state index in [4.69, 9.17) is 5.73 Å². The van der Waals surface area contributed by atoms with Gasteiger partial charge < -0.3 is 15.7 Å². The molecule has 7 heteroatoms. The number of piperidine rings is 1. The predicted octanol–water partition coefficient (Wildman–Crippen LogP) is 4.61. The van der Waals surface area contributed by atoms with E-state index in [1.165, 1.54) is 22.9 Å². The molecule has 3 N–H and O–H groups in total. The second kappa shape index (κ2) is 8.30. The summed E-state index contributed by atoms with van der Waals surface area (Å²) >= 11 is 0. The highest BCUT2D eigenvalue weighted by atomic mass is 19.1. The molecule has 1 aliphatic rings. The molecule has 0 atom stereocenters. The molecule has 0 bridgehead atoms. The number of phenols is 1. The van der Waals surface area contributed by atoms with E-state index in [0.29, 0.717) is 22.6 Å². The number of rotatable bonds is 3. The van der Waals surface area contributed by atoms with Gasteiger partial charge in [0.05, 0.1) is 11.4 Å². The van der Waals surface area contributed by atoms with Crippen LogP contribution in [0.2, 0.25) is 0 Å². The van der Waals surface area contributed by atoms with Crippen LogP contribution in [0.3, 0.4) is 0 Å². The molecule has 6 nitrogen and oxygen atoms in total. The van der Waals surface area contributed by atoms with Crippen molar-refractivity contribution >= 4 is 11.4 Å². The third-order valence-corrected chi connectivity index (χ3v) is 5.93. The molecule has 1 aliphatic heterocycles. The molecule has 0 amide bonds. The summed E-state index contributed by atoms with van der Waals surface area (Å²) in [4.78, 5) is 15.4. The lowest BCUT2D eigenvalue weighted by Crippen LogP contribution is -2.35. The molecular weight excluding hydrogens is 407 g/mol. The van der Waals surface area contributed by atoms with Crippen LogP contribution in [-0.4, -0.2) is 28.0 Å². The molecule has 0 aliphatic carbocycles. The second-order valence-corrected chi connectivity index (χ2v) is 9.33. The molecule has 0 unspecified atom stereocenters. The Labute approximate surface area is 187 Å². The van der Waals surface area contributed by atoms with Gasteiger partial charge in [0.2, 0.25) is 0 Å². The monoisotopic (exact) mass is 436 g/mol. The first kappa shape index (κ1) is 21.9. The number of phenolic OH excluding ortho intramolecular Hbond substituents is 1. The first-order valence-electron chi connectivity index (χ1n) is 10.9. The van der Waals surface area contributed by atoms with Crippen LogP contribution in [0.5, 0.6) is 5.75 Å². The molecule has 1 fully saturated rings. The van der Waals surface area contributed by atoms with Gasteiger partial charge in [0.15, 0.2) is 0 Å². The average Bonchev–Trinajstić information content (AvgIpc) is 2.75. The Morgan fingerprint density at radius 2 is 1.69 bits per heavy atom. The summed E-state index contributed by atoms with van der Waals surface area (Å²) in [6.45, 7) is 7.58. The summed E-state index contributed by atoms with van der Waals surface area (Å²) in [5.41, 5.74) is 8.77. The van der Waals surface area contributed by atoms with E-state index in [0.717, 1.165) is 37.9 Å². The third kappa shape index (κ3) is 4.07. The molecular formula is C25H29FN4O2. The molecule has 1 aromatic heterocycles. The maximum absolute atomic E-state index is 13.6. The van der Waals surface area contributed by atoms with Gasteiger partial charge in [-0.1, -0.05) is 26.8 Å². The van der Waals surface area contributed by atoms with Crippen LogP contribution >= 0.6 is 0 Å². The van der Waals surface area contributed by atoms with E-state index in [1.807, 2.05) is 20.8 Å². The minimum absolute atomic E-state index is 0.0886. The largest absolute Gasteiger partial charge is 0.508 e. The van der Waals surface area contributed by atoms with Crippen LogP contribution in [-0.2, 0) is 5.41 Å². The number of hydrogen-bond acceptors (Lipinski definition) is 5. The molecule has 2 heterocycles. The van der Waals surface area contributed by atoms with Crippen LogP contribution in [0.1, 0.15) is 45.6 Å². The standard InChI is InChI=1S/C25H29FN4O2/c1-25(2,3)19-12-11-18(15-20(19)31)30-24(32)21(27)23(29-13-5-4-6-14-29)22(28-30)16-7-9-17(26)10-8-16/h7-12,15,31H,4-6,13-14,27H2,1-3H3. The van der Waals surface area contributed by atoms with Crippen molar-refractivity contribution in [1.82, 2.24) is 9.78 Å². The Hall–Kier alpha value is -3.35. The number of nitrogens with two attached hydrogens (primary N) is 1. The van der Waals surface area contributed by atoms with Gasteiger partial charge in [-0.05, 0) is 60.6 Å². The number of aromatic hydroxyl groups is 1. The van der Waals surface area contributed by atoms with Gasteiger partial charge in [0.1, 0.15) is 22.9 Å². The van der Waals surface area contributed by atoms with Crippen molar-refractivity contribution in [1.29, 1.82) is 0 Å². The van der Waals surface area contributed by atoms with E-state index in [-0.39, 0.29) is 22.7 Å². The van der Waals surface area contributed by atoms with Gasteiger partial charge in [-0.15, -0.1) is 0 Å². The van der Waals surface area contributed by atoms with Crippen LogP contribution in [0.25, 0.3) is 16.9 Å². The summed E-state index contributed by atoms with van der Waals surface area (Å²) < 4.78 is 14.8. The van der Waals surface area contributed by atoms with E-state index >= 15 is 0 Å². The van der Waals surface area contributed by atoms with Gasteiger partial charge in [0, 0.05) is 24.7 Å². The topological polar surface area (TPSA) is 84.4 Å². The number of nitrogens with zero attached hydrogens (tertiary/aromatic N) is 3.